The van der Waals surface area contributed by atoms with E-state index in [0.717, 1.165) is 6.42 Å². The first-order valence-corrected chi connectivity index (χ1v) is 10.4. The third-order valence-electron chi connectivity index (χ3n) is 5.38. The van der Waals surface area contributed by atoms with Gasteiger partial charge in [-0.2, -0.15) is 14.4 Å². The summed E-state index contributed by atoms with van der Waals surface area (Å²) in [4.78, 5) is 35.6. The van der Waals surface area contributed by atoms with Crippen molar-refractivity contribution >= 4 is 28.9 Å². The molecule has 11 heteroatoms. The van der Waals surface area contributed by atoms with Gasteiger partial charge in [0.2, 0.25) is 5.60 Å². The summed E-state index contributed by atoms with van der Waals surface area (Å²) in [6.45, 7) is 4.94. The maximum atomic E-state index is 13.8. The van der Waals surface area contributed by atoms with Gasteiger partial charge in [-0.1, -0.05) is 26.2 Å². The second-order valence-corrected chi connectivity index (χ2v) is 7.78. The van der Waals surface area contributed by atoms with E-state index in [1.807, 2.05) is 6.92 Å². The molecule has 0 amide bonds. The largest absolute Gasteiger partial charge is 0.461 e. The van der Waals surface area contributed by atoms with Crippen LogP contribution in [0.2, 0.25) is 0 Å². The Morgan fingerprint density at radius 1 is 1.41 bits per heavy atom. The lowest BCUT2D eigenvalue weighted by molar-refractivity contribution is -0.176. The average Bonchev–Trinajstić information content (AvgIpc) is 3.31. The zero-order valence-electron chi connectivity index (χ0n) is 18.3. The van der Waals surface area contributed by atoms with Crippen LogP contribution in [-0.4, -0.2) is 49.8 Å². The van der Waals surface area contributed by atoms with Crippen molar-refractivity contribution in [3.05, 3.63) is 12.4 Å². The highest BCUT2D eigenvalue weighted by molar-refractivity contribution is 5.81. The van der Waals surface area contributed by atoms with Gasteiger partial charge in [0, 0.05) is 19.3 Å². The molecule has 0 spiro atoms. The molecule has 3 rings (SSSR count). The Bertz CT molecular complexity index is 1070. The molecular formula is C21H26FN5O5. The molecule has 0 unspecified atom stereocenters. The maximum absolute atomic E-state index is 13.8. The summed E-state index contributed by atoms with van der Waals surface area (Å²) < 4.78 is 32.5. The summed E-state index contributed by atoms with van der Waals surface area (Å²) in [5.41, 5.74) is 3.21. The van der Waals surface area contributed by atoms with E-state index in [1.54, 1.807) is 13.8 Å². The van der Waals surface area contributed by atoms with Crippen LogP contribution in [0.4, 0.5) is 10.2 Å². The molecule has 0 aliphatic carbocycles. The topological polar surface area (TPSA) is 131 Å². The second-order valence-electron chi connectivity index (χ2n) is 7.78. The predicted octanol–water partition coefficient (Wildman–Crippen LogP) is 2.07. The number of esters is 2. The molecule has 2 aromatic rings. The molecule has 0 radical (unpaired) electrons. The van der Waals surface area contributed by atoms with Crippen LogP contribution in [0.5, 0.6) is 0 Å². The molecule has 0 aromatic carbocycles. The summed E-state index contributed by atoms with van der Waals surface area (Å²) in [7, 11) is 0. The quantitative estimate of drug-likeness (QED) is 0.367. The fraction of sp³-hybridized carbons (Fsp3) is 0.571. The zero-order valence-corrected chi connectivity index (χ0v) is 18.3. The van der Waals surface area contributed by atoms with Gasteiger partial charge in [0.25, 0.3) is 0 Å². The minimum absolute atomic E-state index is 0.0758. The Morgan fingerprint density at radius 2 is 2.16 bits per heavy atom. The molecule has 0 bridgehead atoms. The number of anilines is 1. The SMILES string of the molecule is C#C[C@]1(COC(=O)CCCC)O[C@@](C)(n2cnc3c(N)nc(F)nc32)C[C@@H]1OC(=O)CC. The third kappa shape index (κ3) is 4.36. The van der Waals surface area contributed by atoms with E-state index in [9.17, 15) is 14.0 Å². The fourth-order valence-electron chi connectivity index (χ4n) is 3.64. The van der Waals surface area contributed by atoms with Gasteiger partial charge in [-0.05, 0) is 13.3 Å². The number of halogens is 1. The maximum Gasteiger partial charge on any atom is 0.312 e. The van der Waals surface area contributed by atoms with Gasteiger partial charge >= 0.3 is 18.0 Å². The Balaban J connectivity index is 1.98. The average molecular weight is 447 g/mol. The number of imidazole rings is 1. The molecule has 1 fully saturated rings. The number of unbranched alkanes of at least 4 members (excludes halogenated alkanes) is 1. The molecule has 3 atom stereocenters. The lowest BCUT2D eigenvalue weighted by Crippen LogP contribution is -2.46. The Morgan fingerprint density at radius 3 is 2.81 bits per heavy atom. The van der Waals surface area contributed by atoms with E-state index in [2.05, 4.69) is 20.9 Å². The number of nitrogen functional groups attached to an aromatic ring is 1. The predicted molar refractivity (Wildman–Crippen MR) is 111 cm³/mol. The monoisotopic (exact) mass is 447 g/mol. The Hall–Kier alpha value is -3.26. The van der Waals surface area contributed by atoms with Crippen LogP contribution in [0.1, 0.15) is 52.9 Å². The van der Waals surface area contributed by atoms with Gasteiger partial charge in [0.15, 0.2) is 28.8 Å². The van der Waals surface area contributed by atoms with Crippen LogP contribution in [0, 0.1) is 18.4 Å². The highest BCUT2D eigenvalue weighted by atomic mass is 19.1. The van der Waals surface area contributed by atoms with Gasteiger partial charge in [0.05, 0.1) is 6.33 Å². The number of hydrogen-bond acceptors (Lipinski definition) is 9. The van der Waals surface area contributed by atoms with Gasteiger partial charge in [-0.15, -0.1) is 6.42 Å². The summed E-state index contributed by atoms with van der Waals surface area (Å²) in [6.07, 6.45) is 7.14. The molecule has 172 valence electrons. The van der Waals surface area contributed by atoms with Crippen molar-refractivity contribution in [3.8, 4) is 12.3 Å². The minimum Gasteiger partial charge on any atom is -0.461 e. The first-order chi connectivity index (χ1) is 15.2. The van der Waals surface area contributed by atoms with E-state index < -0.39 is 35.4 Å². The van der Waals surface area contributed by atoms with E-state index in [0.29, 0.717) is 6.42 Å². The molecule has 3 heterocycles. The highest BCUT2D eigenvalue weighted by Gasteiger charge is 2.57. The third-order valence-corrected chi connectivity index (χ3v) is 5.38. The van der Waals surface area contributed by atoms with Crippen LogP contribution in [0.15, 0.2) is 6.33 Å². The summed E-state index contributed by atoms with van der Waals surface area (Å²) in [6, 6.07) is 0. The molecule has 0 saturated carbocycles. The van der Waals surface area contributed by atoms with Crippen LogP contribution < -0.4 is 5.73 Å². The number of nitrogens with zero attached hydrogens (tertiary/aromatic N) is 4. The number of ether oxygens (including phenoxy) is 3. The number of hydrogen-bond donors (Lipinski definition) is 1. The van der Waals surface area contributed by atoms with Crippen molar-refractivity contribution in [1.82, 2.24) is 19.5 Å². The second kappa shape index (κ2) is 9.08. The van der Waals surface area contributed by atoms with Crippen LogP contribution in [0.25, 0.3) is 11.2 Å². The van der Waals surface area contributed by atoms with Gasteiger partial charge in [-0.3, -0.25) is 14.2 Å². The highest BCUT2D eigenvalue weighted by Crippen LogP contribution is 2.44. The lowest BCUT2D eigenvalue weighted by Gasteiger charge is -2.31. The van der Waals surface area contributed by atoms with Gasteiger partial charge in [-0.25, -0.2) is 4.98 Å². The number of terminal acetylenes is 1. The molecule has 1 aliphatic rings. The standard InChI is InChI=1S/C21H26FN5O5/c1-5-8-9-15(29)30-11-21(7-3)13(31-14(28)6-2)10-20(4,32-21)27-12-24-16-17(23)25-19(22)26-18(16)27/h3,12-13H,5-6,8-11H2,1-2,4H3,(H2,23,25,26)/t13-,20+,21+/m0/s1. The van der Waals surface area contributed by atoms with E-state index in [1.165, 1.54) is 10.9 Å². The number of nitrogens with two attached hydrogens (primary N) is 1. The van der Waals surface area contributed by atoms with Crippen molar-refractivity contribution in [3.63, 3.8) is 0 Å². The van der Waals surface area contributed by atoms with Gasteiger partial charge < -0.3 is 19.9 Å². The molecule has 2 N–H and O–H groups in total. The molecule has 1 aliphatic heterocycles. The summed E-state index contributed by atoms with van der Waals surface area (Å²) in [5.74, 6) is 1.46. The normalized spacial score (nSPS) is 24.9. The minimum atomic E-state index is -1.56. The van der Waals surface area contributed by atoms with Crippen LogP contribution >= 0.6 is 0 Å². The zero-order chi connectivity index (χ0) is 23.5. The van der Waals surface area contributed by atoms with Crippen molar-refractivity contribution < 1.29 is 28.2 Å². The van der Waals surface area contributed by atoms with Gasteiger partial charge in [0.1, 0.15) is 6.61 Å². The molecule has 2 aromatic heterocycles. The molecule has 1 saturated heterocycles. The first-order valence-electron chi connectivity index (χ1n) is 10.4. The summed E-state index contributed by atoms with van der Waals surface area (Å²) in [5, 5.41) is 0. The van der Waals surface area contributed by atoms with Crippen LogP contribution in [-0.2, 0) is 29.5 Å². The first kappa shape index (κ1) is 23.4. The van der Waals surface area contributed by atoms with Crippen molar-refractivity contribution in [1.29, 1.82) is 0 Å². The lowest BCUT2D eigenvalue weighted by atomic mass is 9.96. The fourth-order valence-corrected chi connectivity index (χ4v) is 3.64. The number of fused-ring (bicyclic) bond motifs is 1. The number of rotatable bonds is 8. The Labute approximate surface area is 184 Å². The number of aromatic nitrogens is 4. The molecule has 32 heavy (non-hydrogen) atoms. The van der Waals surface area contributed by atoms with E-state index >= 15 is 0 Å². The smallest absolute Gasteiger partial charge is 0.312 e. The van der Waals surface area contributed by atoms with Crippen LogP contribution in [0.3, 0.4) is 0 Å². The molecule has 10 nitrogen and oxygen atoms in total. The summed E-state index contributed by atoms with van der Waals surface area (Å²) >= 11 is 0. The number of carbonyl (C=O) groups is 2. The van der Waals surface area contributed by atoms with Crippen molar-refractivity contribution in [2.75, 3.05) is 12.3 Å². The van der Waals surface area contributed by atoms with E-state index in [-0.39, 0.29) is 42.9 Å². The Kier molecular flexibility index (Phi) is 6.64. The van der Waals surface area contributed by atoms with Crippen molar-refractivity contribution in [2.45, 2.75) is 70.3 Å². The number of carbonyl (C=O) groups excluding carboxylic acids is 2. The van der Waals surface area contributed by atoms with E-state index in [4.69, 9.17) is 26.4 Å². The molecular weight excluding hydrogens is 421 g/mol. The van der Waals surface area contributed by atoms with Crippen molar-refractivity contribution in [2.24, 2.45) is 0 Å².